The van der Waals surface area contributed by atoms with Gasteiger partial charge in [-0.2, -0.15) is 0 Å². The van der Waals surface area contributed by atoms with Crippen LogP contribution in [-0.4, -0.2) is 71.0 Å². The molecule has 2 aliphatic rings. The summed E-state index contributed by atoms with van der Waals surface area (Å²) in [4.78, 5) is 43.3. The van der Waals surface area contributed by atoms with Crippen LogP contribution < -0.4 is 0 Å². The molecule has 1 aromatic rings. The van der Waals surface area contributed by atoms with Crippen LogP contribution in [0.1, 0.15) is 47.3 Å². The number of amides is 2. The summed E-state index contributed by atoms with van der Waals surface area (Å²) in [5.74, 6) is -1.95. The molecule has 142 valence electrons. The van der Waals surface area contributed by atoms with E-state index in [9.17, 15) is 14.4 Å². The molecular weight excluding hydrogens is 358 g/mol. The van der Waals surface area contributed by atoms with Crippen LogP contribution in [0.5, 0.6) is 0 Å². The summed E-state index contributed by atoms with van der Waals surface area (Å²) in [6.45, 7) is 1.37. The van der Waals surface area contributed by atoms with Crippen LogP contribution in [0.4, 0.5) is 0 Å². The molecule has 2 atom stereocenters. The number of aromatic nitrogens is 1. The van der Waals surface area contributed by atoms with Crippen LogP contribution in [0, 0.1) is 5.92 Å². The van der Waals surface area contributed by atoms with E-state index >= 15 is 0 Å². The fraction of sp³-hybridized carbons (Fsp3) is 0.647. The fourth-order valence-corrected chi connectivity index (χ4v) is 4.16. The Morgan fingerprint density at radius 1 is 1.38 bits per heavy atom. The van der Waals surface area contributed by atoms with E-state index in [1.807, 2.05) is 0 Å². The van der Waals surface area contributed by atoms with Gasteiger partial charge in [-0.3, -0.25) is 14.4 Å². The highest BCUT2D eigenvalue weighted by molar-refractivity contribution is 7.09. The number of thiazole rings is 1. The lowest BCUT2D eigenvalue weighted by molar-refractivity contribution is -0.145. The van der Waals surface area contributed by atoms with E-state index in [1.165, 1.54) is 21.1 Å². The Hall–Kier alpha value is -2.00. The average Bonchev–Trinajstić information content (AvgIpc) is 3.32. The summed E-state index contributed by atoms with van der Waals surface area (Å²) in [5.41, 5.74) is 0.317. The van der Waals surface area contributed by atoms with E-state index in [1.54, 1.807) is 12.4 Å². The summed E-state index contributed by atoms with van der Waals surface area (Å²) in [6.07, 6.45) is 3.12. The van der Waals surface area contributed by atoms with Gasteiger partial charge in [-0.15, -0.1) is 11.3 Å². The molecule has 0 aromatic carbocycles. The summed E-state index contributed by atoms with van der Waals surface area (Å²) in [6, 6.07) is 0. The SMILES string of the molecule is CN(CC(=O)N1CCCC(C(=O)O)C1)C(=O)c1csc(C2CCCO2)n1. The highest BCUT2D eigenvalue weighted by atomic mass is 32.1. The number of nitrogens with zero attached hydrogens (tertiary/aromatic N) is 3. The molecule has 3 heterocycles. The molecule has 2 amide bonds. The lowest BCUT2D eigenvalue weighted by atomic mass is 9.98. The molecule has 2 aliphatic heterocycles. The smallest absolute Gasteiger partial charge is 0.308 e. The van der Waals surface area contributed by atoms with Crippen molar-refractivity contribution in [1.29, 1.82) is 0 Å². The molecule has 8 nitrogen and oxygen atoms in total. The van der Waals surface area contributed by atoms with Crippen molar-refractivity contribution in [2.45, 2.75) is 31.8 Å². The van der Waals surface area contributed by atoms with Crippen LogP contribution in [0.25, 0.3) is 0 Å². The summed E-state index contributed by atoms with van der Waals surface area (Å²) in [7, 11) is 1.56. The minimum atomic E-state index is -0.879. The zero-order valence-corrected chi connectivity index (χ0v) is 15.5. The highest BCUT2D eigenvalue weighted by Crippen LogP contribution is 2.30. The van der Waals surface area contributed by atoms with Gasteiger partial charge in [-0.25, -0.2) is 4.98 Å². The van der Waals surface area contributed by atoms with Crippen molar-refractivity contribution in [3.05, 3.63) is 16.1 Å². The quantitative estimate of drug-likeness (QED) is 0.827. The third-order valence-corrected chi connectivity index (χ3v) is 5.73. The zero-order valence-electron chi connectivity index (χ0n) is 14.7. The van der Waals surface area contributed by atoms with E-state index < -0.39 is 11.9 Å². The summed E-state index contributed by atoms with van der Waals surface area (Å²) in [5, 5.41) is 11.6. The van der Waals surface area contributed by atoms with E-state index in [4.69, 9.17) is 9.84 Å². The van der Waals surface area contributed by atoms with Gasteiger partial charge in [0.25, 0.3) is 5.91 Å². The molecule has 2 unspecified atom stereocenters. The van der Waals surface area contributed by atoms with E-state index in [2.05, 4.69) is 4.98 Å². The molecule has 0 saturated carbocycles. The Kier molecular flexibility index (Phi) is 5.87. The first-order valence-corrected chi connectivity index (χ1v) is 9.66. The van der Waals surface area contributed by atoms with Gasteiger partial charge in [0.2, 0.25) is 5.91 Å². The van der Waals surface area contributed by atoms with Crippen molar-refractivity contribution >= 4 is 29.1 Å². The number of rotatable bonds is 5. The van der Waals surface area contributed by atoms with Crippen LogP contribution in [0.15, 0.2) is 5.38 Å². The maximum Gasteiger partial charge on any atom is 0.308 e. The third kappa shape index (κ3) is 4.21. The van der Waals surface area contributed by atoms with Crippen molar-refractivity contribution in [3.63, 3.8) is 0 Å². The lowest BCUT2D eigenvalue weighted by Gasteiger charge is -2.31. The molecule has 0 radical (unpaired) electrons. The Labute approximate surface area is 155 Å². The topological polar surface area (TPSA) is 100 Å². The molecule has 2 saturated heterocycles. The van der Waals surface area contributed by atoms with Crippen molar-refractivity contribution in [3.8, 4) is 0 Å². The maximum atomic E-state index is 12.5. The van der Waals surface area contributed by atoms with Crippen LogP contribution >= 0.6 is 11.3 Å². The molecule has 1 N–H and O–H groups in total. The number of carbonyl (C=O) groups is 3. The number of carbonyl (C=O) groups excluding carboxylic acids is 2. The monoisotopic (exact) mass is 381 g/mol. The molecule has 1 aromatic heterocycles. The van der Waals surface area contributed by atoms with Crippen molar-refractivity contribution in [1.82, 2.24) is 14.8 Å². The van der Waals surface area contributed by atoms with E-state index in [-0.39, 0.29) is 31.0 Å². The highest BCUT2D eigenvalue weighted by Gasteiger charge is 2.30. The largest absolute Gasteiger partial charge is 0.481 e. The number of hydrogen-bond acceptors (Lipinski definition) is 6. The Bertz CT molecular complexity index is 686. The number of carboxylic acids is 1. The Morgan fingerprint density at radius 2 is 2.19 bits per heavy atom. The maximum absolute atomic E-state index is 12.5. The first-order valence-electron chi connectivity index (χ1n) is 8.78. The number of ether oxygens (including phenoxy) is 1. The van der Waals surface area contributed by atoms with Gasteiger partial charge in [0, 0.05) is 32.1 Å². The molecular formula is C17H23N3O5S. The van der Waals surface area contributed by atoms with Crippen molar-refractivity contribution in [2.24, 2.45) is 5.92 Å². The standard InChI is InChI=1S/C17H23N3O5S/c1-19(9-14(21)20-6-2-4-11(8-20)17(23)24)16(22)12-10-26-15(18-12)13-5-3-7-25-13/h10-11,13H,2-9H2,1H3,(H,23,24). The minimum Gasteiger partial charge on any atom is -0.481 e. The summed E-state index contributed by atoms with van der Waals surface area (Å²) >= 11 is 1.40. The number of hydrogen-bond donors (Lipinski definition) is 1. The van der Waals surface area contributed by atoms with Gasteiger partial charge < -0.3 is 19.6 Å². The first kappa shape index (κ1) is 18.8. The number of likely N-dealkylation sites (tertiary alicyclic amines) is 1. The summed E-state index contributed by atoms with van der Waals surface area (Å²) < 4.78 is 5.58. The zero-order chi connectivity index (χ0) is 18.7. The van der Waals surface area contributed by atoms with Gasteiger partial charge in [-0.05, 0) is 25.7 Å². The van der Waals surface area contributed by atoms with Crippen LogP contribution in [0.3, 0.4) is 0 Å². The predicted octanol–water partition coefficient (Wildman–Crippen LogP) is 1.39. The minimum absolute atomic E-state index is 0.0326. The molecule has 0 aliphatic carbocycles. The molecule has 0 bridgehead atoms. The number of carboxylic acid groups (broad SMARTS) is 1. The van der Waals surface area contributed by atoms with Gasteiger partial charge >= 0.3 is 5.97 Å². The molecule has 26 heavy (non-hydrogen) atoms. The molecule has 9 heteroatoms. The molecule has 2 fully saturated rings. The van der Waals surface area contributed by atoms with Crippen LogP contribution in [-0.2, 0) is 14.3 Å². The van der Waals surface area contributed by atoms with Gasteiger partial charge in [-0.1, -0.05) is 0 Å². The van der Waals surface area contributed by atoms with E-state index in [0.29, 0.717) is 25.1 Å². The normalized spacial score (nSPS) is 23.0. The van der Waals surface area contributed by atoms with Crippen molar-refractivity contribution < 1.29 is 24.2 Å². The van der Waals surface area contributed by atoms with E-state index in [0.717, 1.165) is 24.5 Å². The average molecular weight is 381 g/mol. The van der Waals surface area contributed by atoms with Crippen molar-refractivity contribution in [2.75, 3.05) is 33.3 Å². The number of likely N-dealkylation sites (N-methyl/N-ethyl adjacent to an activating group) is 1. The predicted molar refractivity (Wildman–Crippen MR) is 93.9 cm³/mol. The molecule has 3 rings (SSSR count). The Morgan fingerprint density at radius 3 is 2.88 bits per heavy atom. The number of piperidine rings is 1. The number of aliphatic carboxylic acids is 1. The van der Waals surface area contributed by atoms with Gasteiger partial charge in [0.15, 0.2) is 0 Å². The third-order valence-electron chi connectivity index (χ3n) is 4.79. The van der Waals surface area contributed by atoms with Crippen LogP contribution in [0.2, 0.25) is 0 Å². The fourth-order valence-electron chi connectivity index (χ4n) is 3.28. The van der Waals surface area contributed by atoms with Gasteiger partial charge in [0.1, 0.15) is 16.8 Å². The second-order valence-corrected chi connectivity index (χ2v) is 7.64. The second kappa shape index (κ2) is 8.13. The Balaban J connectivity index is 1.56. The first-order chi connectivity index (χ1) is 12.5. The lowest BCUT2D eigenvalue weighted by Crippen LogP contribution is -2.46. The molecule has 0 spiro atoms. The van der Waals surface area contributed by atoms with Gasteiger partial charge in [0.05, 0.1) is 12.5 Å². The second-order valence-electron chi connectivity index (χ2n) is 6.75.